The summed E-state index contributed by atoms with van der Waals surface area (Å²) in [5.74, 6) is -0.307. The summed E-state index contributed by atoms with van der Waals surface area (Å²) in [5.41, 5.74) is 6.41. The quantitative estimate of drug-likeness (QED) is 0.537. The molecule has 0 aliphatic carbocycles. The molecular weight excluding hydrogens is 230 g/mol. The van der Waals surface area contributed by atoms with Gasteiger partial charge in [-0.25, -0.2) is 4.79 Å². The lowest BCUT2D eigenvalue weighted by molar-refractivity contribution is -0.149. The van der Waals surface area contributed by atoms with Crippen molar-refractivity contribution in [2.75, 3.05) is 19.8 Å². The van der Waals surface area contributed by atoms with E-state index in [1.165, 1.54) is 0 Å². The highest BCUT2D eigenvalue weighted by atomic mass is 16.6. The molecule has 0 saturated carbocycles. The van der Waals surface area contributed by atoms with E-state index in [-0.39, 0.29) is 12.6 Å². The summed E-state index contributed by atoms with van der Waals surface area (Å²) >= 11 is 0. The SMILES string of the molecule is NCCCCCOC(=O)COCc1ccccc1. The predicted molar refractivity (Wildman–Crippen MR) is 70.0 cm³/mol. The number of nitrogens with two attached hydrogens (primary N) is 1. The monoisotopic (exact) mass is 251 g/mol. The third kappa shape index (κ3) is 7.04. The van der Waals surface area contributed by atoms with Crippen molar-refractivity contribution in [2.24, 2.45) is 5.73 Å². The van der Waals surface area contributed by atoms with Crippen LogP contribution in [0.15, 0.2) is 30.3 Å². The second-order valence-electron chi connectivity index (χ2n) is 4.05. The molecule has 0 saturated heterocycles. The number of hydrogen-bond donors (Lipinski definition) is 1. The first-order chi connectivity index (χ1) is 8.83. The van der Waals surface area contributed by atoms with Gasteiger partial charge in [-0.1, -0.05) is 30.3 Å². The third-order valence-corrected chi connectivity index (χ3v) is 2.44. The van der Waals surface area contributed by atoms with Crippen molar-refractivity contribution in [1.29, 1.82) is 0 Å². The molecule has 0 fully saturated rings. The van der Waals surface area contributed by atoms with Gasteiger partial charge >= 0.3 is 5.97 Å². The van der Waals surface area contributed by atoms with Crippen LogP contribution in [0.25, 0.3) is 0 Å². The molecule has 0 aromatic heterocycles. The standard InChI is InChI=1S/C14H21NO3/c15-9-5-2-6-10-18-14(16)12-17-11-13-7-3-1-4-8-13/h1,3-4,7-8H,2,5-6,9-12,15H2. The minimum Gasteiger partial charge on any atom is -0.464 e. The van der Waals surface area contributed by atoms with Gasteiger partial charge in [-0.2, -0.15) is 0 Å². The second-order valence-corrected chi connectivity index (χ2v) is 4.05. The van der Waals surface area contributed by atoms with Crippen LogP contribution in [0.3, 0.4) is 0 Å². The first-order valence-electron chi connectivity index (χ1n) is 6.30. The molecule has 0 aliphatic rings. The first-order valence-corrected chi connectivity index (χ1v) is 6.30. The minimum absolute atomic E-state index is 0.00574. The van der Waals surface area contributed by atoms with Crippen LogP contribution in [0.5, 0.6) is 0 Å². The first kappa shape index (κ1) is 14.7. The Bertz CT molecular complexity index is 327. The number of ether oxygens (including phenoxy) is 2. The molecule has 0 aliphatic heterocycles. The summed E-state index contributed by atoms with van der Waals surface area (Å²) in [6.07, 6.45) is 2.83. The van der Waals surface area contributed by atoms with Gasteiger partial charge in [0.05, 0.1) is 13.2 Å². The van der Waals surface area contributed by atoms with Gasteiger partial charge in [0.15, 0.2) is 0 Å². The zero-order chi connectivity index (χ0) is 13.1. The molecule has 1 aromatic carbocycles. The zero-order valence-electron chi connectivity index (χ0n) is 10.6. The van der Waals surface area contributed by atoms with Crippen LogP contribution in [0.4, 0.5) is 0 Å². The second kappa shape index (κ2) is 9.62. The summed E-state index contributed by atoms with van der Waals surface area (Å²) in [4.78, 5) is 11.3. The Morgan fingerprint density at radius 3 is 2.61 bits per heavy atom. The van der Waals surface area contributed by atoms with Gasteiger partial charge in [0, 0.05) is 0 Å². The molecule has 0 unspecified atom stereocenters. The van der Waals surface area contributed by atoms with Gasteiger partial charge in [-0.15, -0.1) is 0 Å². The van der Waals surface area contributed by atoms with Gasteiger partial charge in [0.2, 0.25) is 0 Å². The fraction of sp³-hybridized carbons (Fsp3) is 0.500. The van der Waals surface area contributed by atoms with E-state index in [2.05, 4.69) is 0 Å². The lowest BCUT2D eigenvalue weighted by atomic mass is 10.2. The Morgan fingerprint density at radius 1 is 1.11 bits per heavy atom. The highest BCUT2D eigenvalue weighted by Gasteiger charge is 2.02. The highest BCUT2D eigenvalue weighted by molar-refractivity contribution is 5.70. The molecular formula is C14H21NO3. The van der Waals surface area contributed by atoms with Crippen molar-refractivity contribution in [3.8, 4) is 0 Å². The maximum atomic E-state index is 11.3. The van der Waals surface area contributed by atoms with E-state index in [0.29, 0.717) is 19.8 Å². The van der Waals surface area contributed by atoms with Crippen molar-refractivity contribution in [1.82, 2.24) is 0 Å². The fourth-order valence-corrected chi connectivity index (χ4v) is 1.48. The highest BCUT2D eigenvalue weighted by Crippen LogP contribution is 2.00. The van der Waals surface area contributed by atoms with Gasteiger partial charge in [0.1, 0.15) is 6.61 Å². The van der Waals surface area contributed by atoms with Crippen LogP contribution in [-0.4, -0.2) is 25.7 Å². The molecule has 0 radical (unpaired) electrons. The topological polar surface area (TPSA) is 61.5 Å². The maximum Gasteiger partial charge on any atom is 0.332 e. The fourth-order valence-electron chi connectivity index (χ4n) is 1.48. The molecule has 1 rings (SSSR count). The number of benzene rings is 1. The normalized spacial score (nSPS) is 10.3. The summed E-state index contributed by atoms with van der Waals surface area (Å²) in [6.45, 7) is 1.58. The average Bonchev–Trinajstić information content (AvgIpc) is 2.40. The Hall–Kier alpha value is -1.39. The molecule has 4 nitrogen and oxygen atoms in total. The van der Waals surface area contributed by atoms with Gasteiger partial charge in [-0.05, 0) is 31.4 Å². The smallest absolute Gasteiger partial charge is 0.332 e. The summed E-state index contributed by atoms with van der Waals surface area (Å²) in [6, 6.07) is 9.73. The van der Waals surface area contributed by atoms with E-state index in [9.17, 15) is 4.79 Å². The van der Waals surface area contributed by atoms with Gasteiger partial charge in [0.25, 0.3) is 0 Å². The van der Waals surface area contributed by atoms with E-state index >= 15 is 0 Å². The van der Waals surface area contributed by atoms with Crippen LogP contribution in [0.1, 0.15) is 24.8 Å². The molecule has 2 N–H and O–H groups in total. The van der Waals surface area contributed by atoms with Crippen LogP contribution in [0, 0.1) is 0 Å². The van der Waals surface area contributed by atoms with Crippen molar-refractivity contribution in [2.45, 2.75) is 25.9 Å². The Kier molecular flexibility index (Phi) is 7.84. The largest absolute Gasteiger partial charge is 0.464 e. The molecule has 100 valence electrons. The average molecular weight is 251 g/mol. The van der Waals surface area contributed by atoms with Crippen molar-refractivity contribution in [3.63, 3.8) is 0 Å². The Morgan fingerprint density at radius 2 is 1.89 bits per heavy atom. The molecule has 0 heterocycles. The summed E-state index contributed by atoms with van der Waals surface area (Å²) in [5, 5.41) is 0. The number of unbranched alkanes of at least 4 members (excludes halogenated alkanes) is 2. The molecule has 0 spiro atoms. The molecule has 0 atom stereocenters. The van der Waals surface area contributed by atoms with E-state index in [1.807, 2.05) is 30.3 Å². The number of carbonyl (C=O) groups is 1. The van der Waals surface area contributed by atoms with Gasteiger partial charge < -0.3 is 15.2 Å². The van der Waals surface area contributed by atoms with Crippen molar-refractivity contribution in [3.05, 3.63) is 35.9 Å². The van der Waals surface area contributed by atoms with Crippen molar-refractivity contribution < 1.29 is 14.3 Å². The van der Waals surface area contributed by atoms with E-state index in [4.69, 9.17) is 15.2 Å². The molecule has 4 heteroatoms. The zero-order valence-corrected chi connectivity index (χ0v) is 10.6. The molecule has 1 aromatic rings. The van der Waals surface area contributed by atoms with Gasteiger partial charge in [-0.3, -0.25) is 0 Å². The van der Waals surface area contributed by atoms with Crippen LogP contribution in [0.2, 0.25) is 0 Å². The van der Waals surface area contributed by atoms with Crippen LogP contribution < -0.4 is 5.73 Å². The van der Waals surface area contributed by atoms with E-state index in [1.54, 1.807) is 0 Å². The van der Waals surface area contributed by atoms with Crippen LogP contribution >= 0.6 is 0 Å². The van der Waals surface area contributed by atoms with Crippen LogP contribution in [-0.2, 0) is 20.9 Å². The maximum absolute atomic E-state index is 11.3. The number of hydrogen-bond acceptors (Lipinski definition) is 4. The number of carbonyl (C=O) groups excluding carboxylic acids is 1. The number of rotatable bonds is 9. The van der Waals surface area contributed by atoms with Crippen molar-refractivity contribution >= 4 is 5.97 Å². The predicted octanol–water partition coefficient (Wildman–Crippen LogP) is 1.88. The lowest BCUT2D eigenvalue weighted by Gasteiger charge is -2.05. The Balaban J connectivity index is 2.00. The molecule has 18 heavy (non-hydrogen) atoms. The lowest BCUT2D eigenvalue weighted by Crippen LogP contribution is -2.13. The third-order valence-electron chi connectivity index (χ3n) is 2.44. The molecule has 0 amide bonds. The van der Waals surface area contributed by atoms with E-state index in [0.717, 1.165) is 24.8 Å². The number of esters is 1. The molecule has 0 bridgehead atoms. The van der Waals surface area contributed by atoms with E-state index < -0.39 is 0 Å². The Labute approximate surface area is 108 Å². The minimum atomic E-state index is -0.307. The summed E-state index contributed by atoms with van der Waals surface area (Å²) < 4.78 is 10.3. The summed E-state index contributed by atoms with van der Waals surface area (Å²) in [7, 11) is 0.